The summed E-state index contributed by atoms with van der Waals surface area (Å²) in [4.78, 5) is 40.4. The number of cyclic esters (lactones) is 1. The number of rotatable bonds is 8. The van der Waals surface area contributed by atoms with Crippen LogP contribution in [0.5, 0.6) is 0 Å². The van der Waals surface area contributed by atoms with E-state index in [0.717, 1.165) is 31.5 Å². The van der Waals surface area contributed by atoms with Crippen LogP contribution in [0.1, 0.15) is 70.0 Å². The smallest absolute Gasteiger partial charge is 0.306 e. The lowest BCUT2D eigenvalue weighted by atomic mass is 9.95. The lowest BCUT2D eigenvalue weighted by molar-refractivity contribution is -0.150. The number of carbonyl (C=O) groups excluding carboxylic acids is 3. The normalized spacial score (nSPS) is 23.0. The third kappa shape index (κ3) is 9.48. The van der Waals surface area contributed by atoms with E-state index in [9.17, 15) is 14.4 Å². The summed E-state index contributed by atoms with van der Waals surface area (Å²) in [5.41, 5.74) is 0.837. The summed E-state index contributed by atoms with van der Waals surface area (Å²) in [6, 6.07) is 9.43. The van der Waals surface area contributed by atoms with Crippen molar-refractivity contribution in [3.63, 3.8) is 0 Å². The highest BCUT2D eigenvalue weighted by Gasteiger charge is 2.25. The molecule has 2 aliphatic rings. The molecule has 0 bridgehead atoms. The molecule has 2 heterocycles. The van der Waals surface area contributed by atoms with E-state index in [1.165, 1.54) is 19.4 Å². The minimum atomic E-state index is -0.547. The molecule has 7 nitrogen and oxygen atoms in total. The summed E-state index contributed by atoms with van der Waals surface area (Å²) in [5, 5.41) is 5.99. The van der Waals surface area contributed by atoms with Gasteiger partial charge in [0, 0.05) is 19.4 Å². The zero-order valence-corrected chi connectivity index (χ0v) is 21.0. The highest BCUT2D eigenvalue weighted by molar-refractivity contribution is 5.86. The number of carbonyl (C=O) groups is 3. The maximum Gasteiger partial charge on any atom is 0.306 e. The van der Waals surface area contributed by atoms with Crippen molar-refractivity contribution in [3.8, 4) is 0 Å². The van der Waals surface area contributed by atoms with Crippen LogP contribution in [0, 0.1) is 11.8 Å². The molecule has 2 amide bonds. The van der Waals surface area contributed by atoms with E-state index in [-0.39, 0.29) is 37.2 Å². The number of ether oxygens (including phenoxy) is 1. The Bertz CT molecular complexity index is 834. The molecule has 192 valence electrons. The number of hydrogen-bond donors (Lipinski definition) is 2. The third-order valence-corrected chi connectivity index (χ3v) is 6.93. The van der Waals surface area contributed by atoms with E-state index in [2.05, 4.69) is 22.5 Å². The van der Waals surface area contributed by atoms with Gasteiger partial charge in [0.05, 0.1) is 12.5 Å². The molecule has 0 aromatic heterocycles. The van der Waals surface area contributed by atoms with Crippen molar-refractivity contribution < 1.29 is 19.1 Å². The Morgan fingerprint density at radius 2 is 1.91 bits per heavy atom. The van der Waals surface area contributed by atoms with Crippen molar-refractivity contribution in [2.24, 2.45) is 11.8 Å². The van der Waals surface area contributed by atoms with Gasteiger partial charge in [-0.05, 0) is 63.2 Å². The average molecular weight is 484 g/mol. The van der Waals surface area contributed by atoms with E-state index in [0.29, 0.717) is 25.3 Å². The highest BCUT2D eigenvalue weighted by atomic mass is 16.5. The van der Waals surface area contributed by atoms with E-state index >= 15 is 0 Å². The molecular formula is C28H41N3O4. The van der Waals surface area contributed by atoms with Crippen LogP contribution < -0.4 is 10.6 Å². The van der Waals surface area contributed by atoms with Crippen molar-refractivity contribution in [1.82, 2.24) is 15.5 Å². The number of likely N-dealkylation sites (tertiary alicyclic amines) is 1. The number of nitrogens with zero attached hydrogens (tertiary/aromatic N) is 1. The van der Waals surface area contributed by atoms with Gasteiger partial charge in [0.15, 0.2) is 0 Å². The van der Waals surface area contributed by atoms with E-state index in [1.807, 2.05) is 42.5 Å². The summed E-state index contributed by atoms with van der Waals surface area (Å²) in [7, 11) is 0. The summed E-state index contributed by atoms with van der Waals surface area (Å²) in [5.74, 6) is -0.501. The van der Waals surface area contributed by atoms with Crippen LogP contribution in [-0.2, 0) is 19.1 Å². The van der Waals surface area contributed by atoms with Gasteiger partial charge in [0.1, 0.15) is 6.10 Å². The topological polar surface area (TPSA) is 87.7 Å². The molecule has 2 atom stereocenters. The summed E-state index contributed by atoms with van der Waals surface area (Å²) in [6.45, 7) is 6.46. The van der Waals surface area contributed by atoms with Gasteiger partial charge in [-0.25, -0.2) is 0 Å². The number of hydrogen-bond acceptors (Lipinski definition) is 5. The summed E-state index contributed by atoms with van der Waals surface area (Å²) in [6.07, 6.45) is 9.39. The molecule has 0 saturated carbocycles. The first-order valence-corrected chi connectivity index (χ1v) is 13.2. The number of nitrogens with one attached hydrogen (secondary N) is 2. The molecule has 0 unspecified atom stereocenters. The van der Waals surface area contributed by atoms with Gasteiger partial charge in [-0.3, -0.25) is 14.4 Å². The van der Waals surface area contributed by atoms with Crippen LogP contribution in [0.4, 0.5) is 0 Å². The molecular weight excluding hydrogens is 442 g/mol. The molecule has 1 saturated heterocycles. The minimum Gasteiger partial charge on any atom is -0.456 e. The fourth-order valence-corrected chi connectivity index (χ4v) is 4.66. The lowest BCUT2D eigenvalue weighted by Crippen LogP contribution is -2.40. The monoisotopic (exact) mass is 483 g/mol. The molecule has 3 rings (SSSR count). The number of allylic oxidation sites excluding steroid dienone is 2. The minimum absolute atomic E-state index is 0.0786. The largest absolute Gasteiger partial charge is 0.456 e. The molecule has 0 radical (unpaired) electrons. The first-order valence-electron chi connectivity index (χ1n) is 13.2. The van der Waals surface area contributed by atoms with Crippen LogP contribution in [0.3, 0.4) is 0 Å². The molecule has 0 aliphatic carbocycles. The predicted octanol–water partition coefficient (Wildman–Crippen LogP) is 3.76. The Morgan fingerprint density at radius 3 is 2.66 bits per heavy atom. The molecule has 2 N–H and O–H groups in total. The van der Waals surface area contributed by atoms with Gasteiger partial charge in [0.25, 0.3) is 0 Å². The van der Waals surface area contributed by atoms with Gasteiger partial charge in [0.2, 0.25) is 11.8 Å². The first-order chi connectivity index (χ1) is 17.0. The summed E-state index contributed by atoms with van der Waals surface area (Å²) >= 11 is 0. The van der Waals surface area contributed by atoms with Crippen molar-refractivity contribution in [2.75, 3.05) is 32.7 Å². The van der Waals surface area contributed by atoms with E-state index in [4.69, 9.17) is 4.74 Å². The number of piperidine rings is 1. The molecule has 7 heteroatoms. The van der Waals surface area contributed by atoms with E-state index in [1.54, 1.807) is 0 Å². The second-order valence-corrected chi connectivity index (χ2v) is 9.72. The number of benzene rings is 1. The first kappa shape index (κ1) is 26.9. The number of esters is 1. The van der Waals surface area contributed by atoms with E-state index < -0.39 is 12.0 Å². The zero-order chi connectivity index (χ0) is 24.9. The molecule has 1 fully saturated rings. The SMILES string of the molecule is CCCCN1CCC(CNC(=O)C[C@@H]2CC=CCCC(=O)O[C@H](c3ccccc3)CNC2=O)CC1. The second kappa shape index (κ2) is 14.7. The Morgan fingerprint density at radius 1 is 1.14 bits per heavy atom. The number of amides is 2. The Labute approximate surface area is 209 Å². The highest BCUT2D eigenvalue weighted by Crippen LogP contribution is 2.20. The van der Waals surface area contributed by atoms with Crippen LogP contribution in [0.2, 0.25) is 0 Å². The van der Waals surface area contributed by atoms with Gasteiger partial charge in [-0.15, -0.1) is 0 Å². The maximum atomic E-state index is 13.0. The standard InChI is InChI=1S/C28H41N3O4/c1-2-3-16-31-17-14-22(15-18-31)20-29-26(32)19-24-12-8-5-9-13-27(33)35-25(21-30-28(24)34)23-10-6-4-7-11-23/h4-8,10-11,22,24-25H,2-3,9,12-21H2,1H3,(H,29,32)(H,30,34)/t24-,25-/m0/s1. The maximum absolute atomic E-state index is 13.0. The molecule has 1 aromatic rings. The zero-order valence-electron chi connectivity index (χ0n) is 21.0. The predicted molar refractivity (Wildman–Crippen MR) is 136 cm³/mol. The van der Waals surface area contributed by atoms with Gasteiger partial charge in [-0.1, -0.05) is 55.8 Å². The molecule has 0 spiro atoms. The molecule has 1 aromatic carbocycles. The van der Waals surface area contributed by atoms with Crippen LogP contribution in [0.25, 0.3) is 0 Å². The van der Waals surface area contributed by atoms with Crippen LogP contribution in [0.15, 0.2) is 42.5 Å². The lowest BCUT2D eigenvalue weighted by Gasteiger charge is -2.32. The molecule has 35 heavy (non-hydrogen) atoms. The summed E-state index contributed by atoms with van der Waals surface area (Å²) < 4.78 is 5.64. The third-order valence-electron chi connectivity index (χ3n) is 6.93. The van der Waals surface area contributed by atoms with Crippen molar-refractivity contribution in [1.29, 1.82) is 0 Å². The quantitative estimate of drug-likeness (QED) is 0.434. The van der Waals surface area contributed by atoms with Crippen molar-refractivity contribution in [2.45, 2.75) is 64.4 Å². The fraction of sp³-hybridized carbons (Fsp3) is 0.607. The second-order valence-electron chi connectivity index (χ2n) is 9.72. The van der Waals surface area contributed by atoms with Crippen LogP contribution >= 0.6 is 0 Å². The van der Waals surface area contributed by atoms with Gasteiger partial charge < -0.3 is 20.3 Å². The van der Waals surface area contributed by atoms with Gasteiger partial charge >= 0.3 is 5.97 Å². The Balaban J connectivity index is 1.51. The average Bonchev–Trinajstić information content (AvgIpc) is 2.88. The fourth-order valence-electron chi connectivity index (χ4n) is 4.66. The van der Waals surface area contributed by atoms with Crippen molar-refractivity contribution in [3.05, 3.63) is 48.0 Å². The molecule has 2 aliphatic heterocycles. The number of unbranched alkanes of at least 4 members (excludes halogenated alkanes) is 1. The Hall–Kier alpha value is -2.67. The Kier molecular flexibility index (Phi) is 11.3. The van der Waals surface area contributed by atoms with Gasteiger partial charge in [-0.2, -0.15) is 0 Å². The van der Waals surface area contributed by atoms with Crippen LogP contribution in [-0.4, -0.2) is 55.4 Å². The van der Waals surface area contributed by atoms with Crippen molar-refractivity contribution >= 4 is 17.8 Å².